The fourth-order valence-corrected chi connectivity index (χ4v) is 2.79. The first kappa shape index (κ1) is 13.2. The predicted molar refractivity (Wildman–Crippen MR) is 70.2 cm³/mol. The van der Waals surface area contributed by atoms with Crippen LogP contribution >= 0.6 is 0 Å². The van der Waals surface area contributed by atoms with Gasteiger partial charge in [-0.05, 0) is 50.4 Å². The van der Waals surface area contributed by atoms with Gasteiger partial charge in [0.05, 0.1) is 6.10 Å². The smallest absolute Gasteiger partial charge is 0.0602 e. The van der Waals surface area contributed by atoms with E-state index in [9.17, 15) is 5.11 Å². The third kappa shape index (κ3) is 3.08. The van der Waals surface area contributed by atoms with E-state index in [0.29, 0.717) is 17.8 Å². The summed E-state index contributed by atoms with van der Waals surface area (Å²) >= 11 is 0. The molecule has 1 saturated carbocycles. The lowest BCUT2D eigenvalue weighted by Gasteiger charge is -2.39. The molecule has 1 fully saturated rings. The lowest BCUT2D eigenvalue weighted by atomic mass is 9.69. The fraction of sp³-hybridized carbons (Fsp3) is 0.600. The molecule has 0 aliphatic heterocycles. The predicted octanol–water partition coefficient (Wildman–Crippen LogP) is 3.72. The number of rotatable bonds is 5. The Balaban J connectivity index is 2.74. The zero-order chi connectivity index (χ0) is 12.1. The van der Waals surface area contributed by atoms with Crippen LogP contribution in [0.1, 0.15) is 32.6 Å². The largest absolute Gasteiger partial charge is 0.393 e. The van der Waals surface area contributed by atoms with Crippen LogP contribution in [0.2, 0.25) is 0 Å². The van der Waals surface area contributed by atoms with E-state index in [1.54, 1.807) is 0 Å². The zero-order valence-corrected chi connectivity index (χ0v) is 10.4. The maximum Gasteiger partial charge on any atom is 0.0602 e. The SMILES string of the molecule is C=CCC1CC(C(=C)C)CC(CC=C)C1O. The van der Waals surface area contributed by atoms with Gasteiger partial charge in [-0.2, -0.15) is 0 Å². The molecule has 1 aliphatic carbocycles. The van der Waals surface area contributed by atoms with Gasteiger partial charge in [-0.3, -0.25) is 0 Å². The number of allylic oxidation sites excluding steroid dienone is 3. The van der Waals surface area contributed by atoms with E-state index in [-0.39, 0.29) is 6.10 Å². The van der Waals surface area contributed by atoms with Gasteiger partial charge in [-0.25, -0.2) is 0 Å². The minimum atomic E-state index is -0.202. The summed E-state index contributed by atoms with van der Waals surface area (Å²) in [5.41, 5.74) is 1.25. The van der Waals surface area contributed by atoms with E-state index < -0.39 is 0 Å². The highest BCUT2D eigenvalue weighted by Crippen LogP contribution is 2.40. The lowest BCUT2D eigenvalue weighted by Crippen LogP contribution is -2.37. The first-order chi connectivity index (χ1) is 7.60. The summed E-state index contributed by atoms with van der Waals surface area (Å²) in [5, 5.41) is 10.3. The van der Waals surface area contributed by atoms with Gasteiger partial charge in [0.2, 0.25) is 0 Å². The number of aliphatic hydroxyl groups excluding tert-OH is 1. The van der Waals surface area contributed by atoms with Crippen LogP contribution in [0.15, 0.2) is 37.5 Å². The van der Waals surface area contributed by atoms with Crippen LogP contribution in [-0.2, 0) is 0 Å². The van der Waals surface area contributed by atoms with Crippen LogP contribution in [-0.4, -0.2) is 11.2 Å². The molecule has 0 aromatic heterocycles. The normalized spacial score (nSPS) is 34.4. The average Bonchev–Trinajstić information content (AvgIpc) is 2.24. The highest BCUT2D eigenvalue weighted by molar-refractivity contribution is 5.03. The van der Waals surface area contributed by atoms with Crippen LogP contribution in [0.5, 0.6) is 0 Å². The Morgan fingerprint density at radius 3 is 1.94 bits per heavy atom. The van der Waals surface area contributed by atoms with Crippen molar-refractivity contribution in [3.8, 4) is 0 Å². The number of hydrogen-bond acceptors (Lipinski definition) is 1. The molecule has 0 aromatic rings. The third-order valence-electron chi connectivity index (χ3n) is 3.78. The van der Waals surface area contributed by atoms with Crippen molar-refractivity contribution in [1.82, 2.24) is 0 Å². The molecule has 0 spiro atoms. The second-order valence-electron chi connectivity index (χ2n) is 5.07. The molecule has 2 atom stereocenters. The van der Waals surface area contributed by atoms with Crippen LogP contribution in [0, 0.1) is 17.8 Å². The van der Waals surface area contributed by atoms with Gasteiger partial charge in [-0.1, -0.05) is 24.3 Å². The van der Waals surface area contributed by atoms with E-state index >= 15 is 0 Å². The summed E-state index contributed by atoms with van der Waals surface area (Å²) in [4.78, 5) is 0. The van der Waals surface area contributed by atoms with E-state index in [4.69, 9.17) is 0 Å². The molecule has 0 radical (unpaired) electrons. The van der Waals surface area contributed by atoms with Crippen molar-refractivity contribution in [2.45, 2.75) is 38.7 Å². The van der Waals surface area contributed by atoms with Crippen molar-refractivity contribution in [2.24, 2.45) is 17.8 Å². The summed E-state index contributed by atoms with van der Waals surface area (Å²) in [6.07, 6.45) is 7.54. The van der Waals surface area contributed by atoms with Crippen LogP contribution in [0.4, 0.5) is 0 Å². The van der Waals surface area contributed by atoms with Gasteiger partial charge in [0, 0.05) is 0 Å². The van der Waals surface area contributed by atoms with Gasteiger partial charge in [0.15, 0.2) is 0 Å². The van der Waals surface area contributed by atoms with Gasteiger partial charge in [-0.15, -0.1) is 13.2 Å². The maximum atomic E-state index is 10.3. The molecule has 1 aliphatic rings. The quantitative estimate of drug-likeness (QED) is 0.700. The Bertz CT molecular complexity index is 247. The standard InChI is InChI=1S/C15H24O/c1-5-7-12-9-14(11(3)4)10-13(8-6-2)15(12)16/h5-6,12-16H,1-3,7-10H2,4H3. The summed E-state index contributed by atoms with van der Waals surface area (Å²) in [7, 11) is 0. The molecule has 0 bridgehead atoms. The molecule has 0 aromatic carbocycles. The molecule has 16 heavy (non-hydrogen) atoms. The highest BCUT2D eigenvalue weighted by Gasteiger charge is 2.35. The topological polar surface area (TPSA) is 20.2 Å². The van der Waals surface area contributed by atoms with E-state index in [1.807, 2.05) is 12.2 Å². The monoisotopic (exact) mass is 220 g/mol. The van der Waals surface area contributed by atoms with Crippen LogP contribution in [0.25, 0.3) is 0 Å². The molecule has 1 N–H and O–H groups in total. The first-order valence-corrected chi connectivity index (χ1v) is 6.15. The Morgan fingerprint density at radius 1 is 1.19 bits per heavy atom. The van der Waals surface area contributed by atoms with Crippen LogP contribution in [0.3, 0.4) is 0 Å². The Kier molecular flexibility index (Phi) is 5.01. The fourth-order valence-electron chi connectivity index (χ4n) is 2.79. The van der Waals surface area contributed by atoms with Gasteiger partial charge in [0.25, 0.3) is 0 Å². The molecule has 0 heterocycles. The molecule has 1 rings (SSSR count). The Hall–Kier alpha value is -0.820. The van der Waals surface area contributed by atoms with Crippen molar-refractivity contribution in [3.05, 3.63) is 37.5 Å². The summed E-state index contributed by atoms with van der Waals surface area (Å²) in [6.45, 7) is 13.7. The van der Waals surface area contributed by atoms with Crippen molar-refractivity contribution >= 4 is 0 Å². The minimum Gasteiger partial charge on any atom is -0.393 e. The first-order valence-electron chi connectivity index (χ1n) is 6.15. The second kappa shape index (κ2) is 6.05. The maximum absolute atomic E-state index is 10.3. The van der Waals surface area contributed by atoms with Crippen molar-refractivity contribution in [3.63, 3.8) is 0 Å². The zero-order valence-electron chi connectivity index (χ0n) is 10.4. The van der Waals surface area contributed by atoms with Gasteiger partial charge >= 0.3 is 0 Å². The summed E-state index contributed by atoms with van der Waals surface area (Å²) < 4.78 is 0. The summed E-state index contributed by atoms with van der Waals surface area (Å²) in [5.74, 6) is 1.24. The Labute approximate surface area is 99.6 Å². The molecule has 90 valence electrons. The van der Waals surface area contributed by atoms with Gasteiger partial charge in [0.1, 0.15) is 0 Å². The molecule has 1 nitrogen and oxygen atoms in total. The lowest BCUT2D eigenvalue weighted by molar-refractivity contribution is 0.00503. The van der Waals surface area contributed by atoms with E-state index in [2.05, 4.69) is 26.7 Å². The van der Waals surface area contributed by atoms with E-state index in [0.717, 1.165) is 25.7 Å². The number of aliphatic hydroxyl groups is 1. The average molecular weight is 220 g/mol. The molecule has 0 saturated heterocycles. The summed E-state index contributed by atoms with van der Waals surface area (Å²) in [6, 6.07) is 0. The van der Waals surface area contributed by atoms with Crippen molar-refractivity contribution in [1.29, 1.82) is 0 Å². The highest BCUT2D eigenvalue weighted by atomic mass is 16.3. The molecule has 0 amide bonds. The molecule has 1 heteroatoms. The van der Waals surface area contributed by atoms with Crippen molar-refractivity contribution in [2.75, 3.05) is 0 Å². The van der Waals surface area contributed by atoms with Crippen molar-refractivity contribution < 1.29 is 5.11 Å². The molecule has 2 unspecified atom stereocenters. The van der Waals surface area contributed by atoms with Crippen LogP contribution < -0.4 is 0 Å². The minimum absolute atomic E-state index is 0.202. The third-order valence-corrected chi connectivity index (χ3v) is 3.78. The number of hydrogen-bond donors (Lipinski definition) is 1. The Morgan fingerprint density at radius 2 is 1.62 bits per heavy atom. The van der Waals surface area contributed by atoms with Gasteiger partial charge < -0.3 is 5.11 Å². The second-order valence-corrected chi connectivity index (χ2v) is 5.07. The van der Waals surface area contributed by atoms with E-state index in [1.165, 1.54) is 5.57 Å². The molecular weight excluding hydrogens is 196 g/mol. The molecular formula is C15H24O.